The maximum atomic E-state index is 12.5. The zero-order valence-electron chi connectivity index (χ0n) is 9.34. The van der Waals surface area contributed by atoms with Crippen LogP contribution in [0.1, 0.15) is 13.3 Å². The molecule has 1 unspecified atom stereocenters. The average Bonchev–Trinajstić information content (AvgIpc) is 2.08. The van der Waals surface area contributed by atoms with Crippen LogP contribution in [0.25, 0.3) is 0 Å². The van der Waals surface area contributed by atoms with Gasteiger partial charge >= 0.3 is 12.1 Å². The highest BCUT2D eigenvalue weighted by molar-refractivity contribution is 7.90. The van der Waals surface area contributed by atoms with E-state index in [9.17, 15) is 26.4 Å². The number of carboxylic acids is 1. The van der Waals surface area contributed by atoms with Crippen LogP contribution < -0.4 is 5.32 Å². The van der Waals surface area contributed by atoms with Crippen molar-refractivity contribution in [1.29, 1.82) is 0 Å². The molecule has 0 heterocycles. The first-order valence-corrected chi connectivity index (χ1v) is 6.69. The summed E-state index contributed by atoms with van der Waals surface area (Å²) < 4.78 is 58.8. The second-order valence-electron chi connectivity index (χ2n) is 3.84. The molecule has 0 aliphatic carbocycles. The predicted molar refractivity (Wildman–Crippen MR) is 54.4 cm³/mol. The second kappa shape index (κ2) is 5.21. The number of aliphatic carboxylic acids is 1. The van der Waals surface area contributed by atoms with E-state index in [4.69, 9.17) is 5.11 Å². The molecule has 0 amide bonds. The SMILES string of the molecule is CC(NCCCS(C)(=O)=O)(C(=O)O)C(F)(F)F. The Morgan fingerprint density at radius 1 is 1.35 bits per heavy atom. The number of carbonyl (C=O) groups is 1. The molecule has 17 heavy (non-hydrogen) atoms. The van der Waals surface area contributed by atoms with Gasteiger partial charge in [-0.25, -0.2) is 13.2 Å². The quantitative estimate of drug-likeness (QED) is 0.687. The van der Waals surface area contributed by atoms with Crippen molar-refractivity contribution in [1.82, 2.24) is 5.32 Å². The van der Waals surface area contributed by atoms with Crippen LogP contribution in [0.2, 0.25) is 0 Å². The van der Waals surface area contributed by atoms with E-state index in [0.29, 0.717) is 6.92 Å². The zero-order chi connectivity index (χ0) is 13.9. The lowest BCUT2D eigenvalue weighted by Crippen LogP contribution is -2.60. The molecule has 0 bridgehead atoms. The Hall–Kier alpha value is -0.830. The molecule has 0 spiro atoms. The molecule has 0 saturated carbocycles. The van der Waals surface area contributed by atoms with Gasteiger partial charge in [0.2, 0.25) is 5.54 Å². The Labute approximate surface area is 96.9 Å². The fourth-order valence-electron chi connectivity index (χ4n) is 0.970. The van der Waals surface area contributed by atoms with Crippen LogP contribution in [0, 0.1) is 0 Å². The Morgan fingerprint density at radius 2 is 1.82 bits per heavy atom. The van der Waals surface area contributed by atoms with Crippen molar-refractivity contribution >= 4 is 15.8 Å². The maximum absolute atomic E-state index is 12.5. The summed E-state index contributed by atoms with van der Waals surface area (Å²) in [5, 5.41) is 10.3. The molecular weight excluding hydrogens is 263 g/mol. The molecule has 0 aromatic carbocycles. The number of alkyl halides is 3. The fourth-order valence-corrected chi connectivity index (χ4v) is 1.64. The van der Waals surface area contributed by atoms with Crippen molar-refractivity contribution in [2.24, 2.45) is 0 Å². The molecule has 0 aromatic heterocycles. The topological polar surface area (TPSA) is 83.5 Å². The monoisotopic (exact) mass is 277 g/mol. The second-order valence-corrected chi connectivity index (χ2v) is 6.10. The number of carboxylic acid groups (broad SMARTS) is 1. The third-order valence-electron chi connectivity index (χ3n) is 2.17. The van der Waals surface area contributed by atoms with Gasteiger partial charge in [0.1, 0.15) is 9.84 Å². The lowest BCUT2D eigenvalue weighted by Gasteiger charge is -2.28. The van der Waals surface area contributed by atoms with Gasteiger partial charge < -0.3 is 5.11 Å². The van der Waals surface area contributed by atoms with Crippen LogP contribution >= 0.6 is 0 Å². The molecule has 9 heteroatoms. The predicted octanol–water partition coefficient (Wildman–Crippen LogP) is 0.416. The normalized spacial score (nSPS) is 16.5. The van der Waals surface area contributed by atoms with E-state index in [2.05, 4.69) is 0 Å². The first-order valence-electron chi connectivity index (χ1n) is 4.63. The molecule has 0 aliphatic heterocycles. The van der Waals surface area contributed by atoms with Gasteiger partial charge in [-0.05, 0) is 19.9 Å². The fraction of sp³-hybridized carbons (Fsp3) is 0.875. The number of hydrogen-bond donors (Lipinski definition) is 2. The number of hydrogen-bond acceptors (Lipinski definition) is 4. The molecule has 2 N–H and O–H groups in total. The highest BCUT2D eigenvalue weighted by atomic mass is 32.2. The number of halogens is 3. The number of rotatable bonds is 6. The smallest absolute Gasteiger partial charge is 0.417 e. The summed E-state index contributed by atoms with van der Waals surface area (Å²) in [6.07, 6.45) is -4.09. The van der Waals surface area contributed by atoms with E-state index >= 15 is 0 Å². The van der Waals surface area contributed by atoms with Gasteiger partial charge in [0.25, 0.3) is 0 Å². The number of nitrogens with one attached hydrogen (secondary N) is 1. The number of sulfone groups is 1. The van der Waals surface area contributed by atoms with E-state index in [1.54, 1.807) is 0 Å². The maximum Gasteiger partial charge on any atom is 0.417 e. The minimum absolute atomic E-state index is 0.0855. The molecule has 0 aromatic rings. The van der Waals surface area contributed by atoms with Crippen LogP contribution in [0.15, 0.2) is 0 Å². The Kier molecular flexibility index (Phi) is 4.96. The average molecular weight is 277 g/mol. The van der Waals surface area contributed by atoms with Gasteiger partial charge in [-0.15, -0.1) is 0 Å². The lowest BCUT2D eigenvalue weighted by atomic mass is 10.0. The third-order valence-corrected chi connectivity index (χ3v) is 3.20. The van der Waals surface area contributed by atoms with E-state index in [-0.39, 0.29) is 18.7 Å². The van der Waals surface area contributed by atoms with E-state index in [1.807, 2.05) is 5.32 Å². The van der Waals surface area contributed by atoms with Crippen LogP contribution in [0.5, 0.6) is 0 Å². The van der Waals surface area contributed by atoms with E-state index in [1.165, 1.54) is 0 Å². The van der Waals surface area contributed by atoms with Crippen molar-refractivity contribution in [3.8, 4) is 0 Å². The molecular formula is C8H14F3NO4S. The molecule has 1 atom stereocenters. The highest BCUT2D eigenvalue weighted by Crippen LogP contribution is 2.30. The first-order chi connectivity index (χ1) is 7.40. The lowest BCUT2D eigenvalue weighted by molar-refractivity contribution is -0.205. The van der Waals surface area contributed by atoms with Crippen molar-refractivity contribution in [2.45, 2.75) is 25.1 Å². The van der Waals surface area contributed by atoms with Crippen molar-refractivity contribution in [3.63, 3.8) is 0 Å². The summed E-state index contributed by atoms with van der Waals surface area (Å²) in [5.41, 5.74) is -3.06. The van der Waals surface area contributed by atoms with Crippen molar-refractivity contribution < 1.29 is 31.5 Å². The summed E-state index contributed by atoms with van der Waals surface area (Å²) in [7, 11) is -3.27. The van der Waals surface area contributed by atoms with Gasteiger partial charge in [0.05, 0.1) is 5.75 Å². The van der Waals surface area contributed by atoms with Crippen LogP contribution in [-0.4, -0.2) is 49.8 Å². The van der Waals surface area contributed by atoms with Crippen LogP contribution in [0.4, 0.5) is 13.2 Å². The minimum atomic E-state index is -4.95. The summed E-state index contributed by atoms with van der Waals surface area (Å²) in [5.74, 6) is -2.35. The van der Waals surface area contributed by atoms with Crippen LogP contribution in [-0.2, 0) is 14.6 Å². The standard InChI is InChI=1S/C8H14F3NO4S/c1-7(6(13)14,8(9,10)11)12-4-3-5-17(2,15)16/h12H,3-5H2,1-2H3,(H,13,14). The van der Waals surface area contributed by atoms with E-state index < -0.39 is 27.5 Å². The Morgan fingerprint density at radius 3 is 2.12 bits per heavy atom. The van der Waals surface area contributed by atoms with Gasteiger partial charge in [-0.2, -0.15) is 13.2 Å². The molecule has 0 aliphatic rings. The molecule has 102 valence electrons. The summed E-state index contributed by atoms with van der Waals surface area (Å²) in [6, 6.07) is 0. The first kappa shape index (κ1) is 16.2. The molecule has 5 nitrogen and oxygen atoms in total. The molecule has 0 rings (SSSR count). The largest absolute Gasteiger partial charge is 0.480 e. The van der Waals surface area contributed by atoms with Crippen molar-refractivity contribution in [3.05, 3.63) is 0 Å². The van der Waals surface area contributed by atoms with E-state index in [0.717, 1.165) is 6.26 Å². The Bertz CT molecular complexity index is 379. The van der Waals surface area contributed by atoms with Gasteiger partial charge in [0, 0.05) is 6.26 Å². The van der Waals surface area contributed by atoms with Crippen molar-refractivity contribution in [2.75, 3.05) is 18.6 Å². The molecule has 0 saturated heterocycles. The van der Waals surface area contributed by atoms with Gasteiger partial charge in [-0.3, -0.25) is 5.32 Å². The molecule has 0 radical (unpaired) electrons. The van der Waals surface area contributed by atoms with Crippen LogP contribution in [0.3, 0.4) is 0 Å². The minimum Gasteiger partial charge on any atom is -0.480 e. The van der Waals surface area contributed by atoms with Gasteiger partial charge in [0.15, 0.2) is 0 Å². The summed E-state index contributed by atoms with van der Waals surface area (Å²) in [4.78, 5) is 10.6. The third kappa shape index (κ3) is 4.90. The summed E-state index contributed by atoms with van der Waals surface area (Å²) >= 11 is 0. The zero-order valence-corrected chi connectivity index (χ0v) is 10.2. The Balaban J connectivity index is 4.46. The highest BCUT2D eigenvalue weighted by Gasteiger charge is 2.56. The van der Waals surface area contributed by atoms with Gasteiger partial charge in [-0.1, -0.05) is 0 Å². The summed E-state index contributed by atoms with van der Waals surface area (Å²) in [6.45, 7) is 0.144. The molecule has 0 fully saturated rings.